The van der Waals surface area contributed by atoms with Crippen LogP contribution in [0.2, 0.25) is 0 Å². The fourth-order valence-corrected chi connectivity index (χ4v) is 4.21. The fourth-order valence-electron chi connectivity index (χ4n) is 4.21. The first kappa shape index (κ1) is 21.0. The number of hydrogen-bond donors (Lipinski definition) is 1. The third-order valence-corrected chi connectivity index (χ3v) is 5.96. The lowest BCUT2D eigenvalue weighted by molar-refractivity contribution is -0.384. The number of benzene rings is 2. The summed E-state index contributed by atoms with van der Waals surface area (Å²) in [5, 5.41) is 14.2. The van der Waals surface area contributed by atoms with E-state index in [-0.39, 0.29) is 16.6 Å². The summed E-state index contributed by atoms with van der Waals surface area (Å²) in [5.41, 5.74) is 1.72. The van der Waals surface area contributed by atoms with Gasteiger partial charge in [0.2, 0.25) is 0 Å². The first-order chi connectivity index (χ1) is 15.1. The Kier molecular flexibility index (Phi) is 6.54. The maximum absolute atomic E-state index is 12.6. The number of para-hydroxylation sites is 2. The summed E-state index contributed by atoms with van der Waals surface area (Å²) < 4.78 is 5.98. The number of nitro groups is 1. The van der Waals surface area contributed by atoms with Gasteiger partial charge in [-0.3, -0.25) is 10.1 Å². The minimum Gasteiger partial charge on any atom is -0.490 e. The second kappa shape index (κ2) is 9.68. The highest BCUT2D eigenvalue weighted by Crippen LogP contribution is 2.28. The summed E-state index contributed by atoms with van der Waals surface area (Å²) in [5.74, 6) is 0.883. The van der Waals surface area contributed by atoms with E-state index in [4.69, 9.17) is 4.74 Å². The molecule has 1 N–H and O–H groups in total. The molecule has 0 aromatic heterocycles. The van der Waals surface area contributed by atoms with Crippen LogP contribution in [-0.2, 0) is 6.54 Å². The predicted octanol–water partition coefficient (Wildman–Crippen LogP) is 3.95. The van der Waals surface area contributed by atoms with Crippen molar-refractivity contribution >= 4 is 17.4 Å². The zero-order valence-electron chi connectivity index (χ0n) is 17.5. The van der Waals surface area contributed by atoms with Gasteiger partial charge >= 0.3 is 6.03 Å². The highest BCUT2D eigenvalue weighted by atomic mass is 16.6. The van der Waals surface area contributed by atoms with Crippen LogP contribution in [0.4, 0.5) is 16.2 Å². The molecule has 31 heavy (non-hydrogen) atoms. The molecular weight excluding hydrogens is 396 g/mol. The number of piperazine rings is 1. The second-order valence-corrected chi connectivity index (χ2v) is 8.05. The Morgan fingerprint density at radius 2 is 1.71 bits per heavy atom. The molecule has 0 spiro atoms. The Bertz CT molecular complexity index is 904. The van der Waals surface area contributed by atoms with Gasteiger partial charge in [0, 0.05) is 38.8 Å². The third-order valence-electron chi connectivity index (χ3n) is 5.96. The normalized spacial score (nSPS) is 16.9. The van der Waals surface area contributed by atoms with Gasteiger partial charge in [-0.1, -0.05) is 24.3 Å². The van der Waals surface area contributed by atoms with Crippen LogP contribution in [0.3, 0.4) is 0 Å². The lowest BCUT2D eigenvalue weighted by atomic mass is 10.2. The zero-order chi connectivity index (χ0) is 21.6. The number of urea groups is 1. The SMILES string of the molecule is O=C(NCc1ccc(OC2CCCC2)cc1)N1CCN(c2ccccc2[N+](=O)[O-])CC1. The number of amides is 2. The van der Waals surface area contributed by atoms with E-state index in [2.05, 4.69) is 5.32 Å². The van der Waals surface area contributed by atoms with Crippen LogP contribution < -0.4 is 15.0 Å². The quantitative estimate of drug-likeness (QED) is 0.560. The molecule has 2 amide bonds. The molecule has 1 saturated carbocycles. The van der Waals surface area contributed by atoms with Crippen LogP contribution in [0.5, 0.6) is 5.75 Å². The smallest absolute Gasteiger partial charge is 0.317 e. The molecule has 2 aromatic carbocycles. The molecule has 164 valence electrons. The number of ether oxygens (including phenoxy) is 1. The molecule has 0 atom stereocenters. The van der Waals surface area contributed by atoms with E-state index < -0.39 is 0 Å². The van der Waals surface area contributed by atoms with Crippen LogP contribution in [-0.4, -0.2) is 48.1 Å². The Balaban J connectivity index is 1.24. The van der Waals surface area contributed by atoms with Crippen molar-refractivity contribution in [2.24, 2.45) is 0 Å². The molecule has 2 fully saturated rings. The van der Waals surface area contributed by atoms with Crippen molar-refractivity contribution in [2.45, 2.75) is 38.3 Å². The molecule has 4 rings (SSSR count). The number of rotatable bonds is 6. The topological polar surface area (TPSA) is 88.0 Å². The molecule has 2 aromatic rings. The number of nitro benzene ring substituents is 1. The maximum atomic E-state index is 12.6. The van der Waals surface area contributed by atoms with Crippen molar-refractivity contribution in [3.8, 4) is 5.75 Å². The molecule has 8 heteroatoms. The molecule has 0 radical (unpaired) electrons. The van der Waals surface area contributed by atoms with E-state index in [9.17, 15) is 14.9 Å². The van der Waals surface area contributed by atoms with Crippen LogP contribution in [0.25, 0.3) is 0 Å². The minimum atomic E-state index is -0.363. The van der Waals surface area contributed by atoms with E-state index in [1.54, 1.807) is 23.1 Å². The molecule has 8 nitrogen and oxygen atoms in total. The Morgan fingerprint density at radius 1 is 1.03 bits per heavy atom. The lowest BCUT2D eigenvalue weighted by Gasteiger charge is -2.35. The van der Waals surface area contributed by atoms with Gasteiger partial charge in [0.25, 0.3) is 5.69 Å². The van der Waals surface area contributed by atoms with Gasteiger partial charge in [-0.25, -0.2) is 4.79 Å². The standard InChI is InChI=1S/C23H28N4O4/c28-23(24-17-18-9-11-20(12-10-18)31-19-5-1-2-6-19)26-15-13-25(14-16-26)21-7-3-4-8-22(21)27(29)30/h3-4,7-12,19H,1-2,5-6,13-17H2,(H,24,28). The molecule has 2 aliphatic rings. The van der Waals surface area contributed by atoms with Crippen molar-refractivity contribution in [1.29, 1.82) is 0 Å². The summed E-state index contributed by atoms with van der Waals surface area (Å²) in [6, 6.07) is 14.5. The summed E-state index contributed by atoms with van der Waals surface area (Å²) in [6.07, 6.45) is 5.07. The molecule has 0 unspecified atom stereocenters. The average molecular weight is 425 g/mol. The number of nitrogens with zero attached hydrogens (tertiary/aromatic N) is 3. The first-order valence-electron chi connectivity index (χ1n) is 10.9. The number of carbonyl (C=O) groups is 1. The average Bonchev–Trinajstić information content (AvgIpc) is 3.31. The van der Waals surface area contributed by atoms with Crippen LogP contribution >= 0.6 is 0 Å². The van der Waals surface area contributed by atoms with Crippen LogP contribution in [0.15, 0.2) is 48.5 Å². The summed E-state index contributed by atoms with van der Waals surface area (Å²) in [7, 11) is 0. The van der Waals surface area contributed by atoms with E-state index >= 15 is 0 Å². The molecular formula is C23H28N4O4. The van der Waals surface area contributed by atoms with Gasteiger partial charge in [-0.05, 0) is 49.4 Å². The summed E-state index contributed by atoms with van der Waals surface area (Å²) in [4.78, 5) is 27.2. The maximum Gasteiger partial charge on any atom is 0.317 e. The summed E-state index contributed by atoms with van der Waals surface area (Å²) >= 11 is 0. The highest BCUT2D eigenvalue weighted by molar-refractivity contribution is 5.75. The fraction of sp³-hybridized carbons (Fsp3) is 0.435. The zero-order valence-corrected chi connectivity index (χ0v) is 17.5. The van der Waals surface area contributed by atoms with E-state index in [1.165, 1.54) is 18.9 Å². The molecule has 1 aliphatic heterocycles. The van der Waals surface area contributed by atoms with Gasteiger partial charge in [-0.15, -0.1) is 0 Å². The van der Waals surface area contributed by atoms with Crippen molar-refractivity contribution in [2.75, 3.05) is 31.1 Å². The number of carbonyl (C=O) groups excluding carboxylic acids is 1. The van der Waals surface area contributed by atoms with Crippen LogP contribution in [0.1, 0.15) is 31.2 Å². The summed E-state index contributed by atoms with van der Waals surface area (Å²) in [6.45, 7) is 2.61. The molecule has 1 heterocycles. The molecule has 1 saturated heterocycles. The van der Waals surface area contributed by atoms with Crippen molar-refractivity contribution in [3.63, 3.8) is 0 Å². The number of hydrogen-bond acceptors (Lipinski definition) is 5. The molecule has 1 aliphatic carbocycles. The Hall–Kier alpha value is -3.29. The third kappa shape index (κ3) is 5.25. The number of nitrogens with one attached hydrogen (secondary N) is 1. The monoisotopic (exact) mass is 424 g/mol. The largest absolute Gasteiger partial charge is 0.490 e. The van der Waals surface area contributed by atoms with Gasteiger partial charge in [0.05, 0.1) is 11.0 Å². The van der Waals surface area contributed by atoms with E-state index in [1.807, 2.05) is 29.2 Å². The predicted molar refractivity (Wildman–Crippen MR) is 118 cm³/mol. The van der Waals surface area contributed by atoms with Crippen molar-refractivity contribution in [3.05, 3.63) is 64.2 Å². The van der Waals surface area contributed by atoms with E-state index in [0.717, 1.165) is 24.2 Å². The van der Waals surface area contributed by atoms with Gasteiger partial charge < -0.3 is 19.9 Å². The molecule has 0 bridgehead atoms. The number of anilines is 1. The second-order valence-electron chi connectivity index (χ2n) is 8.05. The lowest BCUT2D eigenvalue weighted by Crippen LogP contribution is -2.51. The van der Waals surface area contributed by atoms with Gasteiger partial charge in [-0.2, -0.15) is 0 Å². The van der Waals surface area contributed by atoms with Gasteiger partial charge in [0.15, 0.2) is 0 Å². The highest BCUT2D eigenvalue weighted by Gasteiger charge is 2.25. The Labute approximate surface area is 181 Å². The van der Waals surface area contributed by atoms with Crippen molar-refractivity contribution < 1.29 is 14.5 Å². The van der Waals surface area contributed by atoms with Crippen LogP contribution in [0, 0.1) is 10.1 Å². The van der Waals surface area contributed by atoms with E-state index in [0.29, 0.717) is 44.5 Å². The van der Waals surface area contributed by atoms with Gasteiger partial charge in [0.1, 0.15) is 11.4 Å². The minimum absolute atomic E-state index is 0.0979. The van der Waals surface area contributed by atoms with Crippen molar-refractivity contribution in [1.82, 2.24) is 10.2 Å². The first-order valence-corrected chi connectivity index (χ1v) is 10.9. The Morgan fingerprint density at radius 3 is 2.39 bits per heavy atom.